The molecule has 1 amide bonds. The van der Waals surface area contributed by atoms with Gasteiger partial charge in [0.2, 0.25) is 11.7 Å². The van der Waals surface area contributed by atoms with Crippen molar-refractivity contribution >= 4 is 23.3 Å². The van der Waals surface area contributed by atoms with E-state index in [1.165, 1.54) is 36.4 Å². The molecule has 0 spiro atoms. The first-order valence-electron chi connectivity index (χ1n) is 24.0. The Balaban J connectivity index is 0.855. The summed E-state index contributed by atoms with van der Waals surface area (Å²) in [6.45, 7) is 2.55. The zero-order chi connectivity index (χ0) is 48.6. The van der Waals surface area contributed by atoms with Gasteiger partial charge in [0.15, 0.2) is 17.9 Å². The minimum absolute atomic E-state index is 0.0644. The van der Waals surface area contributed by atoms with Crippen molar-refractivity contribution < 1.29 is 74.2 Å². The van der Waals surface area contributed by atoms with Crippen molar-refractivity contribution in [1.82, 2.24) is 5.32 Å². The molecule has 68 heavy (non-hydrogen) atoms. The highest BCUT2D eigenvalue weighted by molar-refractivity contribution is 6.31. The number of hydrogen-bond acceptors (Lipinski definition) is 15. The second-order valence-corrected chi connectivity index (χ2v) is 20.7. The number of Topliss-reactive ketones (excluding diaryl/α,β-unsaturated/α-hetero) is 1. The maximum Gasteiger partial charge on any atom is 0.220 e. The molecule has 16 heteroatoms. The Kier molecular flexibility index (Phi) is 12.8. The van der Waals surface area contributed by atoms with Crippen LogP contribution in [0.1, 0.15) is 151 Å². The summed E-state index contributed by atoms with van der Waals surface area (Å²) in [4.78, 5) is 54.4. The largest absolute Gasteiger partial charge is 0.508 e. The van der Waals surface area contributed by atoms with Crippen LogP contribution < -0.4 is 10.1 Å². The number of aliphatic hydroxyl groups is 5. The number of ether oxygens (including phenoxy) is 3. The number of ketones is 3. The monoisotopic (exact) mass is 941 g/mol. The van der Waals surface area contributed by atoms with Gasteiger partial charge in [-0.1, -0.05) is 38.0 Å². The molecule has 3 fully saturated rings. The lowest BCUT2D eigenvalue weighted by Gasteiger charge is -2.50. The number of benzene rings is 3. The predicted molar refractivity (Wildman–Crippen MR) is 242 cm³/mol. The summed E-state index contributed by atoms with van der Waals surface area (Å²) in [6.07, 6.45) is 0.239. The lowest BCUT2D eigenvalue weighted by Crippen LogP contribution is -2.55. The van der Waals surface area contributed by atoms with E-state index in [0.29, 0.717) is 37.5 Å². The van der Waals surface area contributed by atoms with Crippen molar-refractivity contribution in [3.8, 4) is 23.0 Å². The number of phenols is 3. The third-order valence-corrected chi connectivity index (χ3v) is 17.0. The molecule has 3 aromatic carbocycles. The summed E-state index contributed by atoms with van der Waals surface area (Å²) in [5.74, 6) is -3.10. The van der Waals surface area contributed by atoms with Gasteiger partial charge < -0.3 is 60.4 Å². The first-order chi connectivity index (χ1) is 32.4. The average molecular weight is 942 g/mol. The Morgan fingerprint density at radius 1 is 0.941 bits per heavy atom. The number of hydrogen-bond donors (Lipinski definition) is 9. The van der Waals surface area contributed by atoms with Crippen LogP contribution in [0.25, 0.3) is 0 Å². The zero-order valence-electron chi connectivity index (χ0n) is 38.7. The maximum atomic E-state index is 14.1. The van der Waals surface area contributed by atoms with Crippen molar-refractivity contribution in [2.24, 2.45) is 22.7 Å². The molecular formula is C52H63NO15. The van der Waals surface area contributed by atoms with Gasteiger partial charge in [0.25, 0.3) is 0 Å². The number of unbranched alkanes of at least 4 members (excludes halogenated alkanes) is 2. The fourth-order valence-corrected chi connectivity index (χ4v) is 13.4. The molecule has 9 rings (SSSR count). The average Bonchev–Trinajstić information content (AvgIpc) is 3.55. The predicted octanol–water partition coefficient (Wildman–Crippen LogP) is 4.32. The smallest absolute Gasteiger partial charge is 0.220 e. The Morgan fingerprint density at radius 2 is 1.71 bits per heavy atom. The van der Waals surface area contributed by atoms with Crippen LogP contribution in [0, 0.1) is 22.7 Å². The first kappa shape index (κ1) is 48.1. The van der Waals surface area contributed by atoms with E-state index in [9.17, 15) is 60.0 Å². The lowest BCUT2D eigenvalue weighted by molar-refractivity contribution is -0.249. The van der Waals surface area contributed by atoms with Gasteiger partial charge in [0.05, 0.1) is 54.8 Å². The lowest BCUT2D eigenvalue weighted by atomic mass is 9.55. The van der Waals surface area contributed by atoms with E-state index in [2.05, 4.69) is 18.3 Å². The van der Waals surface area contributed by atoms with Gasteiger partial charge in [-0.3, -0.25) is 19.2 Å². The van der Waals surface area contributed by atoms with Crippen molar-refractivity contribution in [3.63, 3.8) is 0 Å². The van der Waals surface area contributed by atoms with E-state index in [4.69, 9.17) is 14.2 Å². The normalized spacial score (nSPS) is 33.6. The van der Waals surface area contributed by atoms with Crippen LogP contribution in [0.3, 0.4) is 0 Å². The molecule has 6 aliphatic rings. The second-order valence-electron chi connectivity index (χ2n) is 20.7. The molecule has 0 aromatic heterocycles. The second kappa shape index (κ2) is 18.1. The first-order valence-corrected chi connectivity index (χ1v) is 24.0. The number of rotatable bonds is 13. The number of amides is 1. The maximum absolute atomic E-state index is 14.1. The number of aryl methyl sites for hydroxylation is 1. The number of fused-ring (bicyclic) bond motifs is 8. The van der Waals surface area contributed by atoms with Crippen LogP contribution in [0.4, 0.5) is 0 Å². The number of nitrogens with one attached hydrogen (secondary N) is 1. The number of aromatic hydroxyl groups is 3. The number of carbonyl (C=O) groups excluding carboxylic acids is 4. The molecule has 9 N–H and O–H groups in total. The Labute approximate surface area is 394 Å². The SMILES string of the molecule is COc1cccc2c1C(=O)c1c(O)c3c(c(O)c1C2=O)C[C@@](O)(C(=O)CO)C[C@@H]3O[C@H]1C[C@H](NC(=O)CCCCC[C@]2(CO)C[C@H]3[C@@H]4CCc5cc(O)ccc5[C@H]4CC[C@]3(C)[C@H]2O)[C@H](O)[C@H](C)O1. The van der Waals surface area contributed by atoms with E-state index in [1.54, 1.807) is 13.0 Å². The van der Waals surface area contributed by atoms with Crippen LogP contribution >= 0.6 is 0 Å². The summed E-state index contributed by atoms with van der Waals surface area (Å²) in [7, 11) is 1.31. The van der Waals surface area contributed by atoms with Gasteiger partial charge in [-0.25, -0.2) is 0 Å². The summed E-state index contributed by atoms with van der Waals surface area (Å²) in [5.41, 5.74) is -2.48. The van der Waals surface area contributed by atoms with E-state index in [1.807, 2.05) is 6.07 Å². The Morgan fingerprint density at radius 3 is 2.44 bits per heavy atom. The molecular weight excluding hydrogens is 879 g/mol. The number of methoxy groups -OCH3 is 1. The van der Waals surface area contributed by atoms with Crippen LogP contribution in [-0.2, 0) is 31.9 Å². The van der Waals surface area contributed by atoms with Crippen LogP contribution in [0.2, 0.25) is 0 Å². The molecule has 366 valence electrons. The quantitative estimate of drug-likeness (QED) is 0.0668. The zero-order valence-corrected chi connectivity index (χ0v) is 38.7. The highest BCUT2D eigenvalue weighted by atomic mass is 16.7. The van der Waals surface area contributed by atoms with Crippen molar-refractivity contribution in [3.05, 3.63) is 80.9 Å². The minimum Gasteiger partial charge on any atom is -0.508 e. The van der Waals surface area contributed by atoms with Crippen LogP contribution in [0.15, 0.2) is 36.4 Å². The summed E-state index contributed by atoms with van der Waals surface area (Å²) >= 11 is 0. The summed E-state index contributed by atoms with van der Waals surface area (Å²) in [6, 6.07) is 9.15. The molecule has 1 aliphatic heterocycles. The van der Waals surface area contributed by atoms with Gasteiger partial charge in [-0.15, -0.1) is 0 Å². The van der Waals surface area contributed by atoms with E-state index in [-0.39, 0.29) is 70.4 Å². The fraction of sp³-hybridized carbons (Fsp3) is 0.577. The van der Waals surface area contributed by atoms with Gasteiger partial charge >= 0.3 is 0 Å². The molecule has 16 nitrogen and oxygen atoms in total. The number of carbonyl (C=O) groups is 4. The molecule has 3 aromatic rings. The molecule has 0 unspecified atom stereocenters. The minimum atomic E-state index is -2.35. The van der Waals surface area contributed by atoms with Gasteiger partial charge in [0.1, 0.15) is 41.3 Å². The van der Waals surface area contributed by atoms with Gasteiger partial charge in [-0.2, -0.15) is 0 Å². The summed E-state index contributed by atoms with van der Waals surface area (Å²) in [5, 5.41) is 92.1. The van der Waals surface area contributed by atoms with E-state index in [0.717, 1.165) is 32.1 Å². The third kappa shape index (κ3) is 7.80. The standard InChI is InChI=1S/C52H63NO15/c1-25-44(59)34(53-38(58)10-5-4-6-16-51(24-55)21-33-30-13-11-26-18-27(56)12-14-28(26)29(30)15-17-50(33,2)49(51)64)19-39(67-25)68-36-22-52(65,37(57)23-54)20-32-41(36)48(63)43-42(46(32)61)45(60)31-8-7-9-35(66-3)40(31)47(43)62/h7-9,12,14,18,25,29-30,33-34,36,39,44,49,54-56,59,61,63-65H,4-6,10-11,13,15-17,19-24H2,1-3H3,(H,53,58)/t25-,29+,30+,33-,34-,36-,39-,44+,49+,50-,51+,52-/m0/s1. The molecule has 1 saturated heterocycles. The van der Waals surface area contributed by atoms with Crippen LogP contribution in [-0.4, -0.2) is 121 Å². The van der Waals surface area contributed by atoms with E-state index >= 15 is 0 Å². The highest BCUT2D eigenvalue weighted by Gasteiger charge is 2.63. The third-order valence-electron chi connectivity index (χ3n) is 17.0. The highest BCUT2D eigenvalue weighted by Crippen LogP contribution is 2.66. The summed E-state index contributed by atoms with van der Waals surface area (Å²) < 4.78 is 17.7. The van der Waals surface area contributed by atoms with Crippen molar-refractivity contribution in [2.45, 2.75) is 146 Å². The van der Waals surface area contributed by atoms with Crippen molar-refractivity contribution in [1.29, 1.82) is 0 Å². The van der Waals surface area contributed by atoms with Gasteiger partial charge in [-0.05, 0) is 104 Å². The molecule has 2 saturated carbocycles. The number of aliphatic hydroxyl groups excluding tert-OH is 4. The Bertz CT molecular complexity index is 2530. The van der Waals surface area contributed by atoms with Crippen LogP contribution in [0.5, 0.6) is 23.0 Å². The topological polar surface area (TPSA) is 270 Å². The van der Waals surface area contributed by atoms with E-state index < -0.39 is 107 Å². The molecule has 1 heterocycles. The molecule has 12 atom stereocenters. The molecule has 0 radical (unpaired) electrons. The number of phenolic OH excluding ortho intramolecular Hbond substituents is 3. The Hall–Kier alpha value is -4.94. The van der Waals surface area contributed by atoms with Gasteiger partial charge in [0, 0.05) is 47.8 Å². The van der Waals surface area contributed by atoms with Crippen molar-refractivity contribution in [2.75, 3.05) is 20.3 Å². The molecule has 0 bridgehead atoms. The molecule has 5 aliphatic carbocycles. The fourth-order valence-electron chi connectivity index (χ4n) is 13.4.